The van der Waals surface area contributed by atoms with Gasteiger partial charge in [0.05, 0.1) is 5.52 Å². The van der Waals surface area contributed by atoms with Crippen LogP contribution in [0.1, 0.15) is 24.4 Å². The zero-order chi connectivity index (χ0) is 11.4. The summed E-state index contributed by atoms with van der Waals surface area (Å²) in [5.74, 6) is 0. The molecule has 1 aromatic carbocycles. The second-order valence-electron chi connectivity index (χ2n) is 3.89. The van der Waals surface area contributed by atoms with Crippen molar-refractivity contribution in [1.29, 1.82) is 0 Å². The van der Waals surface area contributed by atoms with E-state index in [1.807, 2.05) is 30.3 Å². The maximum atomic E-state index is 8.81. The predicted molar refractivity (Wildman–Crippen MR) is 65.0 cm³/mol. The number of nitrogens with zero attached hydrogens (tertiary/aromatic N) is 1. The van der Waals surface area contributed by atoms with Crippen molar-refractivity contribution in [2.75, 3.05) is 6.61 Å². The second kappa shape index (κ2) is 5.05. The van der Waals surface area contributed by atoms with Crippen molar-refractivity contribution in [3.63, 3.8) is 0 Å². The summed E-state index contributed by atoms with van der Waals surface area (Å²) in [6, 6.07) is 9.92. The third-order valence-corrected chi connectivity index (χ3v) is 2.76. The van der Waals surface area contributed by atoms with Crippen molar-refractivity contribution < 1.29 is 5.11 Å². The molecule has 0 aliphatic rings. The first kappa shape index (κ1) is 11.0. The molecule has 16 heavy (non-hydrogen) atoms. The van der Waals surface area contributed by atoms with Crippen LogP contribution in [0.25, 0.3) is 10.9 Å². The number of rotatable bonds is 4. The van der Waals surface area contributed by atoms with Crippen molar-refractivity contribution in [2.24, 2.45) is 5.73 Å². The largest absolute Gasteiger partial charge is 0.396 e. The van der Waals surface area contributed by atoms with Gasteiger partial charge in [-0.3, -0.25) is 4.98 Å². The van der Waals surface area contributed by atoms with E-state index in [1.165, 1.54) is 0 Å². The minimum atomic E-state index is -0.0277. The molecule has 3 nitrogen and oxygen atoms in total. The Labute approximate surface area is 94.9 Å². The minimum Gasteiger partial charge on any atom is -0.396 e. The molecule has 0 saturated heterocycles. The summed E-state index contributed by atoms with van der Waals surface area (Å²) in [6.07, 6.45) is 3.32. The number of pyridine rings is 1. The van der Waals surface area contributed by atoms with Crippen LogP contribution in [-0.2, 0) is 0 Å². The Morgan fingerprint density at radius 1 is 1.25 bits per heavy atom. The van der Waals surface area contributed by atoms with E-state index >= 15 is 0 Å². The molecule has 0 spiro atoms. The van der Waals surface area contributed by atoms with Crippen molar-refractivity contribution in [1.82, 2.24) is 4.98 Å². The number of hydrogen-bond acceptors (Lipinski definition) is 3. The highest BCUT2D eigenvalue weighted by atomic mass is 16.2. The van der Waals surface area contributed by atoms with E-state index in [1.54, 1.807) is 6.20 Å². The Bertz CT molecular complexity index is 465. The highest BCUT2D eigenvalue weighted by Gasteiger charge is 2.09. The summed E-state index contributed by atoms with van der Waals surface area (Å²) in [5, 5.41) is 9.91. The molecule has 0 saturated carbocycles. The number of para-hydroxylation sites is 1. The van der Waals surface area contributed by atoms with Gasteiger partial charge in [-0.05, 0) is 30.5 Å². The zero-order valence-corrected chi connectivity index (χ0v) is 9.13. The average molecular weight is 216 g/mol. The van der Waals surface area contributed by atoms with Crippen LogP contribution in [0.5, 0.6) is 0 Å². The van der Waals surface area contributed by atoms with Gasteiger partial charge in [0.25, 0.3) is 0 Å². The van der Waals surface area contributed by atoms with Gasteiger partial charge in [-0.1, -0.05) is 18.2 Å². The van der Waals surface area contributed by atoms with Gasteiger partial charge in [-0.15, -0.1) is 0 Å². The molecule has 0 amide bonds. The summed E-state index contributed by atoms with van der Waals surface area (Å²) in [6.45, 7) is 0.191. The summed E-state index contributed by atoms with van der Waals surface area (Å²) >= 11 is 0. The number of aliphatic hydroxyl groups excluding tert-OH is 1. The van der Waals surface area contributed by atoms with Gasteiger partial charge in [0, 0.05) is 24.2 Å². The zero-order valence-electron chi connectivity index (χ0n) is 9.13. The Balaban J connectivity index is 2.36. The van der Waals surface area contributed by atoms with Crippen molar-refractivity contribution in [2.45, 2.75) is 18.9 Å². The number of aromatic nitrogens is 1. The number of fused-ring (bicyclic) bond motifs is 1. The lowest BCUT2D eigenvalue weighted by atomic mass is 9.99. The second-order valence-corrected chi connectivity index (χ2v) is 3.89. The molecule has 1 atom stereocenters. The van der Waals surface area contributed by atoms with Gasteiger partial charge in [0.1, 0.15) is 0 Å². The van der Waals surface area contributed by atoms with E-state index in [0.717, 1.165) is 29.3 Å². The first-order valence-electron chi connectivity index (χ1n) is 5.53. The maximum Gasteiger partial charge on any atom is 0.0705 e. The van der Waals surface area contributed by atoms with E-state index in [4.69, 9.17) is 10.8 Å². The van der Waals surface area contributed by atoms with Gasteiger partial charge in [-0.25, -0.2) is 0 Å². The highest BCUT2D eigenvalue weighted by Crippen LogP contribution is 2.23. The van der Waals surface area contributed by atoms with Gasteiger partial charge >= 0.3 is 0 Å². The predicted octanol–water partition coefficient (Wildman–Crippen LogP) is 2.01. The molecule has 0 radical (unpaired) electrons. The Morgan fingerprint density at radius 3 is 2.88 bits per heavy atom. The Morgan fingerprint density at radius 2 is 2.06 bits per heavy atom. The molecule has 84 valence electrons. The van der Waals surface area contributed by atoms with Crippen LogP contribution in [0.3, 0.4) is 0 Å². The summed E-state index contributed by atoms with van der Waals surface area (Å²) in [4.78, 5) is 4.30. The van der Waals surface area contributed by atoms with Crippen molar-refractivity contribution >= 4 is 10.9 Å². The quantitative estimate of drug-likeness (QED) is 0.821. The minimum absolute atomic E-state index is 0.0277. The van der Waals surface area contributed by atoms with Crippen LogP contribution < -0.4 is 5.73 Å². The fourth-order valence-electron chi connectivity index (χ4n) is 1.91. The molecule has 0 aliphatic carbocycles. The molecule has 0 unspecified atom stereocenters. The van der Waals surface area contributed by atoms with Crippen LogP contribution in [0.4, 0.5) is 0 Å². The van der Waals surface area contributed by atoms with Gasteiger partial charge in [-0.2, -0.15) is 0 Å². The van der Waals surface area contributed by atoms with Crippen molar-refractivity contribution in [3.05, 3.63) is 42.1 Å². The lowest BCUT2D eigenvalue weighted by Crippen LogP contribution is -2.11. The molecule has 3 heteroatoms. The molecule has 1 aromatic heterocycles. The van der Waals surface area contributed by atoms with Gasteiger partial charge in [0.15, 0.2) is 0 Å². The standard InChI is InChI=1S/C13H16N2O/c14-12(5-3-9-16)10-7-8-15-13-6-2-1-4-11(10)13/h1-2,4,6-8,12,16H,3,5,9,14H2/t12-/m1/s1. The SMILES string of the molecule is N[C@H](CCCO)c1ccnc2ccccc12. The first-order chi connectivity index (χ1) is 7.83. The van der Waals surface area contributed by atoms with Crippen LogP contribution in [0.2, 0.25) is 0 Å². The van der Waals surface area contributed by atoms with E-state index < -0.39 is 0 Å². The van der Waals surface area contributed by atoms with Crippen molar-refractivity contribution in [3.8, 4) is 0 Å². The topological polar surface area (TPSA) is 59.1 Å². The summed E-state index contributed by atoms with van der Waals surface area (Å²) in [5.41, 5.74) is 8.19. The molecule has 2 rings (SSSR count). The lowest BCUT2D eigenvalue weighted by molar-refractivity contribution is 0.280. The third kappa shape index (κ3) is 2.21. The van der Waals surface area contributed by atoms with E-state index in [0.29, 0.717) is 0 Å². The summed E-state index contributed by atoms with van der Waals surface area (Å²) < 4.78 is 0. The van der Waals surface area contributed by atoms with Gasteiger partial charge in [0.2, 0.25) is 0 Å². The molecule has 3 N–H and O–H groups in total. The molecule has 2 aromatic rings. The number of nitrogens with two attached hydrogens (primary N) is 1. The number of hydrogen-bond donors (Lipinski definition) is 2. The smallest absolute Gasteiger partial charge is 0.0705 e. The first-order valence-corrected chi connectivity index (χ1v) is 5.53. The molecular formula is C13H16N2O. The monoisotopic (exact) mass is 216 g/mol. The summed E-state index contributed by atoms with van der Waals surface area (Å²) in [7, 11) is 0. The average Bonchev–Trinajstić information content (AvgIpc) is 2.35. The number of aliphatic hydroxyl groups is 1. The molecule has 0 fully saturated rings. The van der Waals surface area contributed by atoms with Crippen LogP contribution >= 0.6 is 0 Å². The number of benzene rings is 1. The van der Waals surface area contributed by atoms with Crippen LogP contribution in [-0.4, -0.2) is 16.7 Å². The van der Waals surface area contributed by atoms with E-state index in [2.05, 4.69) is 4.98 Å². The van der Waals surface area contributed by atoms with E-state index in [-0.39, 0.29) is 12.6 Å². The van der Waals surface area contributed by atoms with E-state index in [9.17, 15) is 0 Å². The molecule has 0 aliphatic heterocycles. The Kier molecular flexibility index (Phi) is 3.49. The Hall–Kier alpha value is -1.45. The molecular weight excluding hydrogens is 200 g/mol. The van der Waals surface area contributed by atoms with Gasteiger partial charge < -0.3 is 10.8 Å². The molecule has 0 bridgehead atoms. The molecule has 1 heterocycles. The van der Waals surface area contributed by atoms with Crippen LogP contribution in [0, 0.1) is 0 Å². The fraction of sp³-hybridized carbons (Fsp3) is 0.308. The highest BCUT2D eigenvalue weighted by molar-refractivity contribution is 5.82. The lowest BCUT2D eigenvalue weighted by Gasteiger charge is -2.13. The normalized spacial score (nSPS) is 12.9. The van der Waals surface area contributed by atoms with Crippen LogP contribution in [0.15, 0.2) is 36.5 Å². The fourth-order valence-corrected chi connectivity index (χ4v) is 1.91. The maximum absolute atomic E-state index is 8.81. The third-order valence-electron chi connectivity index (χ3n) is 2.76.